The molecular formula is C35H34N2O8. The summed E-state index contributed by atoms with van der Waals surface area (Å²) in [6.45, 7) is 4.59. The van der Waals surface area contributed by atoms with Crippen LogP contribution in [-0.2, 0) is 9.53 Å². The number of benzene rings is 2. The molecule has 3 heterocycles. The molecule has 232 valence electrons. The Hall–Kier alpha value is -4.78. The van der Waals surface area contributed by atoms with Crippen LogP contribution in [0, 0.1) is 34.5 Å². The molecule has 0 aromatic heterocycles. The quantitative estimate of drug-likeness (QED) is 0.242. The van der Waals surface area contributed by atoms with E-state index in [1.807, 2.05) is 6.08 Å². The first-order valence-corrected chi connectivity index (χ1v) is 15.4. The third kappa shape index (κ3) is 5.00. The molecule has 10 nitrogen and oxygen atoms in total. The van der Waals surface area contributed by atoms with E-state index in [4.69, 9.17) is 23.7 Å². The van der Waals surface area contributed by atoms with E-state index in [0.29, 0.717) is 59.8 Å². The number of hydrogen-bond acceptors (Lipinski definition) is 9. The van der Waals surface area contributed by atoms with Crippen molar-refractivity contribution in [2.75, 3.05) is 20.1 Å². The van der Waals surface area contributed by atoms with Crippen LogP contribution >= 0.6 is 0 Å². The van der Waals surface area contributed by atoms with Gasteiger partial charge >= 0.3 is 5.97 Å². The van der Waals surface area contributed by atoms with Gasteiger partial charge in [0.1, 0.15) is 6.10 Å². The van der Waals surface area contributed by atoms with Gasteiger partial charge in [-0.25, -0.2) is 4.79 Å². The Labute approximate surface area is 261 Å². The highest BCUT2D eigenvalue weighted by Crippen LogP contribution is 2.58. The van der Waals surface area contributed by atoms with Crippen LogP contribution in [0.4, 0.5) is 0 Å². The predicted molar refractivity (Wildman–Crippen MR) is 159 cm³/mol. The Morgan fingerprint density at radius 3 is 2.40 bits per heavy atom. The summed E-state index contributed by atoms with van der Waals surface area (Å²) in [5.41, 5.74) is 2.25. The number of nitriles is 1. The van der Waals surface area contributed by atoms with Crippen molar-refractivity contribution < 1.29 is 38.1 Å². The van der Waals surface area contributed by atoms with E-state index in [0.717, 1.165) is 17.6 Å². The molecule has 2 aromatic rings. The largest absolute Gasteiger partial charge is 0.454 e. The van der Waals surface area contributed by atoms with Gasteiger partial charge in [0.15, 0.2) is 23.0 Å². The summed E-state index contributed by atoms with van der Waals surface area (Å²) < 4.78 is 28.0. The highest BCUT2D eigenvalue weighted by atomic mass is 16.7. The first kappa shape index (κ1) is 29.0. The Morgan fingerprint density at radius 2 is 1.69 bits per heavy atom. The van der Waals surface area contributed by atoms with Crippen LogP contribution in [0.1, 0.15) is 66.7 Å². The maximum Gasteiger partial charge on any atom is 0.338 e. The molecule has 0 saturated heterocycles. The van der Waals surface area contributed by atoms with Crippen molar-refractivity contribution in [3.63, 3.8) is 0 Å². The van der Waals surface area contributed by atoms with Gasteiger partial charge in [0, 0.05) is 30.5 Å². The van der Waals surface area contributed by atoms with Crippen molar-refractivity contribution in [2.24, 2.45) is 23.2 Å². The Balaban J connectivity index is 1.20. The Morgan fingerprint density at radius 1 is 1.02 bits per heavy atom. The summed E-state index contributed by atoms with van der Waals surface area (Å²) in [5.74, 6) is 1.02. The average molecular weight is 611 g/mol. The number of allylic oxidation sites excluding steroid dienone is 2. The van der Waals surface area contributed by atoms with Crippen LogP contribution in [0.15, 0.2) is 59.7 Å². The van der Waals surface area contributed by atoms with E-state index in [2.05, 4.69) is 19.9 Å². The normalized spacial score (nSPS) is 27.8. The fourth-order valence-electron chi connectivity index (χ4n) is 7.97. The lowest BCUT2D eigenvalue weighted by atomic mass is 9.51. The zero-order valence-corrected chi connectivity index (χ0v) is 25.2. The van der Waals surface area contributed by atoms with Crippen LogP contribution < -0.4 is 18.9 Å². The lowest BCUT2D eigenvalue weighted by Gasteiger charge is -2.54. The predicted octanol–water partition coefficient (Wildman–Crippen LogP) is 5.58. The second kappa shape index (κ2) is 11.3. The molecule has 0 bridgehead atoms. The lowest BCUT2D eigenvalue weighted by Crippen LogP contribution is -2.51. The minimum Gasteiger partial charge on any atom is -0.454 e. The van der Waals surface area contributed by atoms with Gasteiger partial charge in [0.2, 0.25) is 13.6 Å². The average Bonchev–Trinajstić information content (AvgIpc) is 3.68. The maximum absolute atomic E-state index is 13.7. The van der Waals surface area contributed by atoms with Gasteiger partial charge in [0.05, 0.1) is 11.6 Å². The summed E-state index contributed by atoms with van der Waals surface area (Å²) >= 11 is 0. The highest BCUT2D eigenvalue weighted by Gasteiger charge is 2.54. The van der Waals surface area contributed by atoms with E-state index >= 15 is 0 Å². The summed E-state index contributed by atoms with van der Waals surface area (Å²) in [7, 11) is 0. The zero-order chi connectivity index (χ0) is 31.3. The number of rotatable bonds is 5. The molecule has 0 spiro atoms. The van der Waals surface area contributed by atoms with Gasteiger partial charge in [-0.2, -0.15) is 5.26 Å². The van der Waals surface area contributed by atoms with E-state index in [1.54, 1.807) is 42.5 Å². The van der Waals surface area contributed by atoms with Crippen molar-refractivity contribution in [3.8, 4) is 29.1 Å². The number of imide groups is 1. The number of carbonyl (C=O) groups is 3. The monoisotopic (exact) mass is 610 g/mol. The molecule has 2 aliphatic carbocycles. The lowest BCUT2D eigenvalue weighted by molar-refractivity contribution is -0.123. The molecule has 1 saturated carbocycles. The third-order valence-electron chi connectivity index (χ3n) is 10.3. The molecule has 10 heteroatoms. The van der Waals surface area contributed by atoms with Crippen molar-refractivity contribution in [2.45, 2.75) is 52.1 Å². The Kier molecular flexibility index (Phi) is 7.27. The van der Waals surface area contributed by atoms with Crippen LogP contribution in [0.25, 0.3) is 0 Å². The first-order valence-electron chi connectivity index (χ1n) is 15.4. The number of ether oxygens (including phenoxy) is 5. The fourth-order valence-corrected chi connectivity index (χ4v) is 7.97. The molecule has 7 rings (SSSR count). The van der Waals surface area contributed by atoms with Gasteiger partial charge in [-0.1, -0.05) is 18.1 Å². The summed E-state index contributed by atoms with van der Waals surface area (Å²) in [6, 6.07) is 12.2. The number of esters is 1. The minimum absolute atomic E-state index is 0.0896. The molecular weight excluding hydrogens is 576 g/mol. The number of carbonyl (C=O) groups excluding carboxylic acids is 3. The van der Waals surface area contributed by atoms with Crippen LogP contribution in [0.2, 0.25) is 0 Å². The zero-order valence-electron chi connectivity index (χ0n) is 25.2. The molecule has 5 unspecified atom stereocenters. The van der Waals surface area contributed by atoms with Crippen molar-refractivity contribution >= 4 is 17.8 Å². The maximum atomic E-state index is 13.7. The second-order valence-corrected chi connectivity index (χ2v) is 12.6. The molecule has 2 aromatic carbocycles. The van der Waals surface area contributed by atoms with Crippen molar-refractivity contribution in [1.29, 1.82) is 5.26 Å². The van der Waals surface area contributed by atoms with Gasteiger partial charge in [0.25, 0.3) is 11.8 Å². The van der Waals surface area contributed by atoms with Gasteiger partial charge in [-0.15, -0.1) is 0 Å². The van der Waals surface area contributed by atoms with Crippen LogP contribution in [0.3, 0.4) is 0 Å². The Bertz CT molecular complexity index is 1690. The first-order chi connectivity index (χ1) is 21.8. The topological polar surface area (TPSA) is 124 Å². The molecule has 45 heavy (non-hydrogen) atoms. The molecule has 0 N–H and O–H groups in total. The highest BCUT2D eigenvalue weighted by molar-refractivity contribution is 6.08. The summed E-state index contributed by atoms with van der Waals surface area (Å²) in [6.07, 6.45) is 6.22. The smallest absolute Gasteiger partial charge is 0.338 e. The number of nitrogens with zero attached hydrogens (tertiary/aromatic N) is 2. The molecule has 5 aliphatic rings. The summed E-state index contributed by atoms with van der Waals surface area (Å²) in [4.78, 5) is 42.2. The van der Waals surface area contributed by atoms with E-state index in [1.165, 1.54) is 4.90 Å². The van der Waals surface area contributed by atoms with E-state index < -0.39 is 23.4 Å². The number of hydrogen-bond donors (Lipinski definition) is 0. The molecule has 3 aliphatic heterocycles. The molecule has 5 atom stereocenters. The van der Waals surface area contributed by atoms with Gasteiger partial charge < -0.3 is 23.7 Å². The third-order valence-corrected chi connectivity index (χ3v) is 10.3. The molecule has 1 fully saturated rings. The van der Waals surface area contributed by atoms with E-state index in [9.17, 15) is 19.6 Å². The number of fused-ring (bicyclic) bond motifs is 5. The second-order valence-electron chi connectivity index (χ2n) is 12.6. The minimum atomic E-state index is -0.564. The number of amides is 2. The van der Waals surface area contributed by atoms with Crippen LogP contribution in [0.5, 0.6) is 23.0 Å². The van der Waals surface area contributed by atoms with Crippen molar-refractivity contribution in [3.05, 3.63) is 70.8 Å². The van der Waals surface area contributed by atoms with Crippen LogP contribution in [-0.4, -0.2) is 48.9 Å². The van der Waals surface area contributed by atoms with E-state index in [-0.39, 0.29) is 43.8 Å². The van der Waals surface area contributed by atoms with Gasteiger partial charge in [-0.3, -0.25) is 14.5 Å². The standard InChI is InChI=1S/C35H34N2O8/c1-20-14-30(45-34(40)22-6-10-27-29(16-22)44-19-42-27)32-25(24(20)4-3-12-36)8-7-23-17-31(38)37(13-11-35(23,32)2)33(39)21-5-9-26-28(15-21)43-18-41-26/h5-6,9-10,14-17,24-25,30,32H,3-4,7-8,11,13,18-19H2,1-2H3. The molecule has 0 radical (unpaired) electrons. The SMILES string of the molecule is CC1=CC(OC(=O)c2ccc3c(c2)OCO3)C2C(CCC3=CC(=O)N(C(=O)c4ccc5c(c4)OCO5)CCC32C)C1CCC#N. The van der Waals surface area contributed by atoms with Crippen molar-refractivity contribution in [1.82, 2.24) is 4.90 Å². The molecule has 2 amide bonds. The fraction of sp³-hybridized carbons (Fsp3) is 0.429. The van der Waals surface area contributed by atoms with Gasteiger partial charge in [-0.05, 0) is 92.3 Å². The summed E-state index contributed by atoms with van der Waals surface area (Å²) in [5, 5.41) is 9.42.